The van der Waals surface area contributed by atoms with Crippen LogP contribution in [0.15, 0.2) is 84.9 Å². The average Bonchev–Trinajstić information content (AvgIpc) is 2.87. The van der Waals surface area contributed by atoms with Crippen LogP contribution < -0.4 is 4.74 Å². The number of pyridine rings is 1. The van der Waals surface area contributed by atoms with Crippen molar-refractivity contribution in [3.05, 3.63) is 96.2 Å². The molecule has 0 unspecified atom stereocenters. The van der Waals surface area contributed by atoms with Gasteiger partial charge >= 0.3 is 0 Å². The smallest absolute Gasteiger partial charge is 0.118 e. The molecule has 1 heterocycles. The normalized spacial score (nSPS) is 11.3. The number of hydrogen-bond donors (Lipinski definition) is 0. The maximum atomic E-state index is 9.87. The van der Waals surface area contributed by atoms with E-state index >= 15 is 0 Å². The molecule has 0 fully saturated rings. The van der Waals surface area contributed by atoms with Crippen LogP contribution in [0.4, 0.5) is 0 Å². The van der Waals surface area contributed by atoms with Gasteiger partial charge in [0.25, 0.3) is 0 Å². The van der Waals surface area contributed by atoms with Gasteiger partial charge < -0.3 is 4.74 Å². The zero-order valence-corrected chi connectivity index (χ0v) is 18.4. The summed E-state index contributed by atoms with van der Waals surface area (Å²) < 4.78 is 5.31. The van der Waals surface area contributed by atoms with Crippen LogP contribution in [-0.4, -0.2) is 12.1 Å². The number of aryl methyl sites for hydroxylation is 1. The number of nitrogens with zero attached hydrogens (tertiary/aromatic N) is 2. The SMILES string of the molecule is COc1ccc(-c2cc(-c3ccc4ccc5cccc6ccc3c4c56)nc(C)c2C#N)cc1. The Morgan fingerprint density at radius 2 is 1.42 bits per heavy atom. The fourth-order valence-corrected chi connectivity index (χ4v) is 4.91. The first-order valence-electron chi connectivity index (χ1n) is 10.9. The van der Waals surface area contributed by atoms with Gasteiger partial charge in [0.1, 0.15) is 11.8 Å². The Kier molecular flexibility index (Phi) is 4.28. The summed E-state index contributed by atoms with van der Waals surface area (Å²) in [5.74, 6) is 0.787. The van der Waals surface area contributed by atoms with Crippen molar-refractivity contribution in [3.63, 3.8) is 0 Å². The van der Waals surface area contributed by atoms with Crippen LogP contribution in [0.5, 0.6) is 5.75 Å². The summed E-state index contributed by atoms with van der Waals surface area (Å²) in [6.07, 6.45) is 0. The molecule has 3 heteroatoms. The maximum absolute atomic E-state index is 9.87. The lowest BCUT2D eigenvalue weighted by atomic mass is 9.90. The first kappa shape index (κ1) is 19.3. The van der Waals surface area contributed by atoms with Crippen LogP contribution in [0.3, 0.4) is 0 Å². The van der Waals surface area contributed by atoms with Gasteiger partial charge in [-0.05, 0) is 63.0 Å². The van der Waals surface area contributed by atoms with E-state index in [2.05, 4.69) is 60.7 Å². The van der Waals surface area contributed by atoms with Crippen molar-refractivity contribution in [1.82, 2.24) is 4.98 Å². The average molecular weight is 425 g/mol. The molecule has 0 atom stereocenters. The number of nitriles is 1. The van der Waals surface area contributed by atoms with Gasteiger partial charge in [-0.3, -0.25) is 4.98 Å². The Bertz CT molecular complexity index is 1690. The fourth-order valence-electron chi connectivity index (χ4n) is 4.91. The summed E-state index contributed by atoms with van der Waals surface area (Å²) >= 11 is 0. The van der Waals surface area contributed by atoms with Crippen molar-refractivity contribution in [3.8, 4) is 34.2 Å². The lowest BCUT2D eigenvalue weighted by Gasteiger charge is -2.15. The molecule has 6 rings (SSSR count). The van der Waals surface area contributed by atoms with E-state index in [1.165, 1.54) is 32.3 Å². The van der Waals surface area contributed by atoms with Crippen molar-refractivity contribution >= 4 is 32.3 Å². The molecule has 5 aromatic carbocycles. The minimum atomic E-state index is 0.599. The first-order chi connectivity index (χ1) is 16.2. The molecule has 33 heavy (non-hydrogen) atoms. The Morgan fingerprint density at radius 3 is 2.12 bits per heavy atom. The van der Waals surface area contributed by atoms with Gasteiger partial charge in [0, 0.05) is 11.1 Å². The van der Waals surface area contributed by atoms with Crippen molar-refractivity contribution in [2.45, 2.75) is 6.92 Å². The van der Waals surface area contributed by atoms with E-state index in [-0.39, 0.29) is 0 Å². The monoisotopic (exact) mass is 424 g/mol. The number of methoxy groups -OCH3 is 1. The third kappa shape index (κ3) is 2.92. The number of hydrogen-bond acceptors (Lipinski definition) is 3. The summed E-state index contributed by atoms with van der Waals surface area (Å²) in [5.41, 5.74) is 5.12. The van der Waals surface area contributed by atoms with E-state index in [1.54, 1.807) is 7.11 Å². The van der Waals surface area contributed by atoms with Crippen molar-refractivity contribution in [2.24, 2.45) is 0 Å². The third-order valence-electron chi connectivity index (χ3n) is 6.52. The van der Waals surface area contributed by atoms with Gasteiger partial charge in [0.05, 0.1) is 24.1 Å². The van der Waals surface area contributed by atoms with E-state index in [0.29, 0.717) is 5.56 Å². The summed E-state index contributed by atoms with van der Waals surface area (Å²) in [4.78, 5) is 4.87. The van der Waals surface area contributed by atoms with Gasteiger partial charge in [0.15, 0.2) is 0 Å². The van der Waals surface area contributed by atoms with Crippen LogP contribution >= 0.6 is 0 Å². The predicted molar refractivity (Wildman–Crippen MR) is 135 cm³/mol. The molecule has 3 nitrogen and oxygen atoms in total. The van der Waals surface area contributed by atoms with E-state index < -0.39 is 0 Å². The molecule has 0 saturated carbocycles. The van der Waals surface area contributed by atoms with Crippen LogP contribution in [0.25, 0.3) is 54.7 Å². The molecule has 0 bridgehead atoms. The Labute approximate surface area is 191 Å². The number of benzene rings is 5. The second-order valence-electron chi connectivity index (χ2n) is 8.32. The molecule has 156 valence electrons. The minimum absolute atomic E-state index is 0.599. The highest BCUT2D eigenvalue weighted by molar-refractivity contribution is 6.25. The molecule has 0 aliphatic rings. The minimum Gasteiger partial charge on any atom is -0.497 e. The molecule has 0 saturated heterocycles. The fraction of sp³-hybridized carbons (Fsp3) is 0.0667. The standard InChI is InChI=1S/C30H20N2O/c1-18-27(17-31)26(19-8-12-23(33-2)13-9-19)16-28(32-18)24-14-10-22-7-6-20-4-3-5-21-11-15-25(24)30(22)29(20)21/h3-16H,1-2H3. The van der Waals surface area contributed by atoms with E-state index in [9.17, 15) is 5.26 Å². The van der Waals surface area contributed by atoms with E-state index in [0.717, 1.165) is 33.8 Å². The molecule has 0 aliphatic heterocycles. The lowest BCUT2D eigenvalue weighted by molar-refractivity contribution is 0.415. The number of aromatic nitrogens is 1. The number of ether oxygens (including phenoxy) is 1. The maximum Gasteiger partial charge on any atom is 0.118 e. The molecule has 1 aromatic heterocycles. The topological polar surface area (TPSA) is 45.9 Å². The van der Waals surface area contributed by atoms with E-state index in [1.807, 2.05) is 37.3 Å². The second kappa shape index (κ2) is 7.32. The van der Waals surface area contributed by atoms with Gasteiger partial charge in [-0.2, -0.15) is 5.26 Å². The van der Waals surface area contributed by atoms with Crippen LogP contribution in [0, 0.1) is 18.3 Å². The molecular formula is C30H20N2O. The molecule has 0 amide bonds. The molecular weight excluding hydrogens is 404 g/mol. The van der Waals surface area contributed by atoms with Crippen molar-refractivity contribution in [2.75, 3.05) is 7.11 Å². The van der Waals surface area contributed by atoms with Gasteiger partial charge in [-0.25, -0.2) is 0 Å². The summed E-state index contributed by atoms with van der Waals surface area (Å²) in [5, 5.41) is 17.3. The molecule has 0 spiro atoms. The zero-order chi connectivity index (χ0) is 22.5. The molecule has 0 N–H and O–H groups in total. The Balaban J connectivity index is 1.64. The quantitative estimate of drug-likeness (QED) is 0.276. The summed E-state index contributed by atoms with van der Waals surface area (Å²) in [7, 11) is 1.65. The predicted octanol–water partition coefficient (Wildman–Crippen LogP) is 7.50. The molecule has 6 aromatic rings. The highest BCUT2D eigenvalue weighted by Gasteiger charge is 2.16. The first-order valence-corrected chi connectivity index (χ1v) is 10.9. The Morgan fingerprint density at radius 1 is 0.758 bits per heavy atom. The Hall–Kier alpha value is -4.42. The third-order valence-corrected chi connectivity index (χ3v) is 6.52. The molecule has 0 aliphatic carbocycles. The van der Waals surface area contributed by atoms with Crippen LogP contribution in [-0.2, 0) is 0 Å². The highest BCUT2D eigenvalue weighted by atomic mass is 16.5. The van der Waals surface area contributed by atoms with Crippen LogP contribution in [0.2, 0.25) is 0 Å². The second-order valence-corrected chi connectivity index (χ2v) is 8.32. The van der Waals surface area contributed by atoms with Crippen molar-refractivity contribution in [1.29, 1.82) is 5.26 Å². The van der Waals surface area contributed by atoms with Gasteiger partial charge in [0.2, 0.25) is 0 Å². The summed E-state index contributed by atoms with van der Waals surface area (Å²) in [6.45, 7) is 1.91. The van der Waals surface area contributed by atoms with Gasteiger partial charge in [-0.15, -0.1) is 0 Å². The van der Waals surface area contributed by atoms with Crippen molar-refractivity contribution < 1.29 is 4.74 Å². The zero-order valence-electron chi connectivity index (χ0n) is 18.4. The summed E-state index contributed by atoms with van der Waals surface area (Å²) in [6, 6.07) is 31.7. The van der Waals surface area contributed by atoms with E-state index in [4.69, 9.17) is 9.72 Å². The lowest BCUT2D eigenvalue weighted by Crippen LogP contribution is -1.97. The van der Waals surface area contributed by atoms with Gasteiger partial charge in [-0.1, -0.05) is 66.7 Å². The highest BCUT2D eigenvalue weighted by Crippen LogP contribution is 2.40. The largest absolute Gasteiger partial charge is 0.497 e. The molecule has 0 radical (unpaired) electrons. The van der Waals surface area contributed by atoms with Crippen LogP contribution in [0.1, 0.15) is 11.3 Å². The number of rotatable bonds is 3.